The van der Waals surface area contributed by atoms with Gasteiger partial charge in [-0.2, -0.15) is 0 Å². The predicted molar refractivity (Wildman–Crippen MR) is 51.9 cm³/mol. The molecule has 0 spiro atoms. The van der Waals surface area contributed by atoms with Crippen LogP contribution in [0.4, 0.5) is 0 Å². The molecule has 1 heteroatoms. The van der Waals surface area contributed by atoms with Crippen molar-refractivity contribution in [3.05, 3.63) is 24.0 Å². The van der Waals surface area contributed by atoms with Gasteiger partial charge in [-0.05, 0) is 37.5 Å². The van der Waals surface area contributed by atoms with Crippen molar-refractivity contribution >= 4 is 0 Å². The third-order valence-corrected chi connectivity index (χ3v) is 2.13. The molecular weight excluding hydrogens is 148 g/mol. The highest BCUT2D eigenvalue weighted by atomic mass is 16.5. The van der Waals surface area contributed by atoms with E-state index >= 15 is 0 Å². The third kappa shape index (κ3) is 3.12. The first-order chi connectivity index (χ1) is 5.83. The Morgan fingerprint density at radius 1 is 1.42 bits per heavy atom. The van der Waals surface area contributed by atoms with Gasteiger partial charge in [0.1, 0.15) is 6.10 Å². The summed E-state index contributed by atoms with van der Waals surface area (Å²) < 4.78 is 5.44. The Hall–Kier alpha value is -0.720. The van der Waals surface area contributed by atoms with Crippen molar-refractivity contribution in [1.82, 2.24) is 0 Å². The zero-order chi connectivity index (χ0) is 8.81. The molecule has 0 aromatic rings. The van der Waals surface area contributed by atoms with Crippen LogP contribution in [-0.2, 0) is 4.74 Å². The molecule has 0 amide bonds. The maximum atomic E-state index is 5.44. The summed E-state index contributed by atoms with van der Waals surface area (Å²) in [6.07, 6.45) is 11.4. The second kappa shape index (κ2) is 5.02. The van der Waals surface area contributed by atoms with E-state index in [-0.39, 0.29) is 0 Å². The molecule has 0 N–H and O–H groups in total. The van der Waals surface area contributed by atoms with Crippen LogP contribution in [0.5, 0.6) is 0 Å². The molecule has 1 nitrogen and oxygen atoms in total. The van der Waals surface area contributed by atoms with Crippen molar-refractivity contribution in [3.63, 3.8) is 0 Å². The average molecular weight is 166 g/mol. The third-order valence-electron chi connectivity index (χ3n) is 2.13. The Morgan fingerprint density at radius 2 is 2.25 bits per heavy atom. The summed E-state index contributed by atoms with van der Waals surface area (Å²) in [5, 5.41) is 0. The average Bonchev–Trinajstić information content (AvgIpc) is 2.05. The van der Waals surface area contributed by atoms with E-state index in [2.05, 4.69) is 19.9 Å². The summed E-state index contributed by atoms with van der Waals surface area (Å²) in [5.74, 6) is 0. The van der Waals surface area contributed by atoms with Gasteiger partial charge in [-0.1, -0.05) is 19.8 Å². The van der Waals surface area contributed by atoms with E-state index in [0.29, 0.717) is 6.10 Å². The molecule has 0 aromatic heterocycles. The maximum absolute atomic E-state index is 5.44. The molecule has 0 aliphatic carbocycles. The topological polar surface area (TPSA) is 9.23 Å². The predicted octanol–water partition coefficient (Wildman–Crippen LogP) is 3.43. The van der Waals surface area contributed by atoms with Crippen LogP contribution in [0.1, 0.15) is 39.5 Å². The highest BCUT2D eigenvalue weighted by Gasteiger charge is 2.06. The Balaban J connectivity index is 2.21. The number of hydrogen-bond donors (Lipinski definition) is 0. The molecule has 0 saturated carbocycles. The first-order valence-corrected chi connectivity index (χ1v) is 4.83. The molecule has 0 saturated heterocycles. The Bertz CT molecular complexity index is 179. The monoisotopic (exact) mass is 166 g/mol. The summed E-state index contributed by atoms with van der Waals surface area (Å²) in [5.41, 5.74) is 1.32. The summed E-state index contributed by atoms with van der Waals surface area (Å²) in [7, 11) is 0. The van der Waals surface area contributed by atoms with Gasteiger partial charge < -0.3 is 4.74 Å². The zero-order valence-corrected chi connectivity index (χ0v) is 8.05. The van der Waals surface area contributed by atoms with Gasteiger partial charge in [-0.15, -0.1) is 0 Å². The first-order valence-electron chi connectivity index (χ1n) is 4.83. The number of unbranched alkanes of at least 4 members (excludes halogenated alkanes) is 2. The lowest BCUT2D eigenvalue weighted by Gasteiger charge is -2.16. The van der Waals surface area contributed by atoms with Crippen LogP contribution in [-0.4, -0.2) is 6.10 Å². The number of hydrogen-bond acceptors (Lipinski definition) is 1. The van der Waals surface area contributed by atoms with Gasteiger partial charge in [0.25, 0.3) is 0 Å². The van der Waals surface area contributed by atoms with Gasteiger partial charge in [0.2, 0.25) is 0 Å². The van der Waals surface area contributed by atoms with Gasteiger partial charge in [0, 0.05) is 0 Å². The summed E-state index contributed by atoms with van der Waals surface area (Å²) >= 11 is 0. The summed E-state index contributed by atoms with van der Waals surface area (Å²) in [4.78, 5) is 0. The van der Waals surface area contributed by atoms with E-state index in [1.165, 1.54) is 24.8 Å². The molecule has 0 aromatic carbocycles. The lowest BCUT2D eigenvalue weighted by Crippen LogP contribution is -2.09. The molecule has 0 bridgehead atoms. The van der Waals surface area contributed by atoms with Gasteiger partial charge >= 0.3 is 0 Å². The Labute approximate surface area is 75.1 Å². The molecule has 1 aliphatic rings. The van der Waals surface area contributed by atoms with Crippen LogP contribution in [0.2, 0.25) is 0 Å². The molecule has 1 rings (SSSR count). The van der Waals surface area contributed by atoms with Crippen LogP contribution in [0.25, 0.3) is 0 Å². The van der Waals surface area contributed by atoms with Gasteiger partial charge in [-0.25, -0.2) is 0 Å². The number of allylic oxidation sites excluding steroid dienone is 2. The molecule has 1 heterocycles. The van der Waals surface area contributed by atoms with Crippen LogP contribution in [0, 0.1) is 0 Å². The van der Waals surface area contributed by atoms with Crippen molar-refractivity contribution in [2.75, 3.05) is 0 Å². The molecular formula is C11H18O. The van der Waals surface area contributed by atoms with Gasteiger partial charge in [0.15, 0.2) is 0 Å². The number of ether oxygens (including phenoxy) is 1. The highest BCUT2D eigenvalue weighted by Crippen LogP contribution is 2.14. The molecule has 12 heavy (non-hydrogen) atoms. The molecule has 1 atom stereocenters. The lowest BCUT2D eigenvalue weighted by atomic mass is 10.1. The fourth-order valence-electron chi connectivity index (χ4n) is 1.38. The van der Waals surface area contributed by atoms with Crippen LogP contribution >= 0.6 is 0 Å². The number of rotatable bonds is 4. The Kier molecular flexibility index (Phi) is 3.92. The molecule has 0 fully saturated rings. The van der Waals surface area contributed by atoms with E-state index in [1.54, 1.807) is 0 Å². The zero-order valence-electron chi connectivity index (χ0n) is 8.05. The molecule has 68 valence electrons. The lowest BCUT2D eigenvalue weighted by molar-refractivity contribution is 0.169. The minimum absolute atomic E-state index is 0.335. The molecule has 0 radical (unpaired) electrons. The Morgan fingerprint density at radius 3 is 2.92 bits per heavy atom. The second-order valence-electron chi connectivity index (χ2n) is 3.38. The summed E-state index contributed by atoms with van der Waals surface area (Å²) in [6, 6.07) is 0. The van der Waals surface area contributed by atoms with Crippen molar-refractivity contribution in [2.45, 2.75) is 45.6 Å². The molecule has 1 aliphatic heterocycles. The standard InChI is InChI=1S/C11H18O/c1-3-4-5-6-11-9-10(2)7-8-12-11/h7-9,11H,3-6H2,1-2H3. The van der Waals surface area contributed by atoms with E-state index < -0.39 is 0 Å². The van der Waals surface area contributed by atoms with Crippen molar-refractivity contribution in [3.8, 4) is 0 Å². The maximum Gasteiger partial charge on any atom is 0.116 e. The van der Waals surface area contributed by atoms with E-state index in [9.17, 15) is 0 Å². The van der Waals surface area contributed by atoms with Crippen LogP contribution < -0.4 is 0 Å². The van der Waals surface area contributed by atoms with Crippen molar-refractivity contribution in [1.29, 1.82) is 0 Å². The van der Waals surface area contributed by atoms with Crippen molar-refractivity contribution < 1.29 is 4.74 Å². The second-order valence-corrected chi connectivity index (χ2v) is 3.38. The fraction of sp³-hybridized carbons (Fsp3) is 0.636. The van der Waals surface area contributed by atoms with Crippen LogP contribution in [0.15, 0.2) is 24.0 Å². The van der Waals surface area contributed by atoms with E-state index in [1.807, 2.05) is 12.3 Å². The quantitative estimate of drug-likeness (QED) is 0.581. The highest BCUT2D eigenvalue weighted by molar-refractivity contribution is 5.19. The van der Waals surface area contributed by atoms with Gasteiger partial charge in [-0.3, -0.25) is 0 Å². The smallest absolute Gasteiger partial charge is 0.116 e. The largest absolute Gasteiger partial charge is 0.494 e. The summed E-state index contributed by atoms with van der Waals surface area (Å²) in [6.45, 7) is 4.34. The van der Waals surface area contributed by atoms with Crippen molar-refractivity contribution in [2.24, 2.45) is 0 Å². The van der Waals surface area contributed by atoms with E-state index in [4.69, 9.17) is 4.74 Å². The fourth-order valence-corrected chi connectivity index (χ4v) is 1.38. The van der Waals surface area contributed by atoms with E-state index in [0.717, 1.165) is 6.42 Å². The SMILES string of the molecule is CCCCCC1C=C(C)C=CO1. The first kappa shape index (κ1) is 9.37. The normalized spacial score (nSPS) is 21.8. The minimum Gasteiger partial charge on any atom is -0.494 e. The van der Waals surface area contributed by atoms with Gasteiger partial charge in [0.05, 0.1) is 6.26 Å². The van der Waals surface area contributed by atoms with Crippen LogP contribution in [0.3, 0.4) is 0 Å². The molecule has 1 unspecified atom stereocenters. The minimum atomic E-state index is 0.335.